The van der Waals surface area contributed by atoms with Gasteiger partial charge in [0.2, 0.25) is 0 Å². The minimum absolute atomic E-state index is 0.315. The second-order valence-electron chi connectivity index (χ2n) is 7.12. The summed E-state index contributed by atoms with van der Waals surface area (Å²) in [7, 11) is 3.72. The maximum absolute atomic E-state index is 5.49. The Morgan fingerprint density at radius 1 is 1.22 bits per heavy atom. The number of aryl methyl sites for hydroxylation is 1. The number of benzene rings is 1. The van der Waals surface area contributed by atoms with Gasteiger partial charge in [0.05, 0.1) is 23.4 Å². The van der Waals surface area contributed by atoms with Crippen LogP contribution in [-0.2, 0) is 11.8 Å². The van der Waals surface area contributed by atoms with Gasteiger partial charge in [-0.3, -0.25) is 9.78 Å². The van der Waals surface area contributed by atoms with Gasteiger partial charge in [-0.1, -0.05) is 18.2 Å². The summed E-state index contributed by atoms with van der Waals surface area (Å²) in [6.45, 7) is 0. The molecule has 1 aliphatic rings. The molecule has 6 heteroatoms. The van der Waals surface area contributed by atoms with Crippen molar-refractivity contribution in [1.29, 1.82) is 0 Å². The first-order chi connectivity index (χ1) is 13.2. The molecule has 1 N–H and O–H groups in total. The van der Waals surface area contributed by atoms with Crippen molar-refractivity contribution in [2.24, 2.45) is 7.05 Å². The highest BCUT2D eigenvalue weighted by Gasteiger charge is 2.19. The number of nitrogens with zero attached hydrogens (tertiary/aromatic N) is 4. The summed E-state index contributed by atoms with van der Waals surface area (Å²) >= 11 is 0. The zero-order valence-corrected chi connectivity index (χ0v) is 15.4. The van der Waals surface area contributed by atoms with Crippen LogP contribution >= 0.6 is 0 Å². The highest BCUT2D eigenvalue weighted by Crippen LogP contribution is 2.35. The molecule has 1 atom stereocenters. The molecule has 0 saturated carbocycles. The standard InChI is InChI=1S/C21H21N5O/c1-26-12-16(11-23-26)14-3-4-15-10-22-21-19(18(15)9-14)20(24-25-21)13-5-7-17(27-2)8-6-13/h3-5,9-12,17H,6-8H2,1-2H3,(H,22,24,25). The average molecular weight is 359 g/mol. The monoisotopic (exact) mass is 359 g/mol. The van der Waals surface area contributed by atoms with E-state index in [1.807, 2.05) is 30.3 Å². The summed E-state index contributed by atoms with van der Waals surface area (Å²) in [5.74, 6) is 0. The van der Waals surface area contributed by atoms with E-state index in [1.165, 1.54) is 11.0 Å². The molecule has 136 valence electrons. The van der Waals surface area contributed by atoms with Crippen LogP contribution in [0.1, 0.15) is 25.0 Å². The average Bonchev–Trinajstić information content (AvgIpc) is 3.34. The van der Waals surface area contributed by atoms with Crippen LogP contribution in [0.2, 0.25) is 0 Å². The number of nitrogens with one attached hydrogen (secondary N) is 1. The number of methoxy groups -OCH3 is 1. The normalized spacial score (nSPS) is 17.6. The first kappa shape index (κ1) is 16.2. The van der Waals surface area contributed by atoms with Crippen molar-refractivity contribution < 1.29 is 4.74 Å². The molecule has 0 amide bonds. The third-order valence-electron chi connectivity index (χ3n) is 5.45. The van der Waals surface area contributed by atoms with Gasteiger partial charge in [0, 0.05) is 37.5 Å². The number of ether oxygens (including phenoxy) is 1. The molecule has 3 heterocycles. The highest BCUT2D eigenvalue weighted by atomic mass is 16.5. The summed E-state index contributed by atoms with van der Waals surface area (Å²) < 4.78 is 7.31. The predicted octanol–water partition coefficient (Wildman–Crippen LogP) is 4.09. The smallest absolute Gasteiger partial charge is 0.182 e. The number of hydrogen-bond donors (Lipinski definition) is 1. The molecule has 0 bridgehead atoms. The maximum Gasteiger partial charge on any atom is 0.182 e. The highest BCUT2D eigenvalue weighted by molar-refractivity contribution is 6.10. The minimum Gasteiger partial charge on any atom is -0.381 e. The van der Waals surface area contributed by atoms with Gasteiger partial charge in [0.25, 0.3) is 0 Å². The van der Waals surface area contributed by atoms with Crippen molar-refractivity contribution in [3.8, 4) is 11.1 Å². The predicted molar refractivity (Wildman–Crippen MR) is 106 cm³/mol. The van der Waals surface area contributed by atoms with Gasteiger partial charge in [0.1, 0.15) is 0 Å². The fourth-order valence-electron chi connectivity index (χ4n) is 3.93. The van der Waals surface area contributed by atoms with Crippen molar-refractivity contribution >= 4 is 27.4 Å². The summed E-state index contributed by atoms with van der Waals surface area (Å²) in [4.78, 5) is 4.55. The molecule has 5 rings (SSSR count). The Hall–Kier alpha value is -2.99. The summed E-state index contributed by atoms with van der Waals surface area (Å²) in [5.41, 5.74) is 5.39. The Kier molecular flexibility index (Phi) is 3.79. The molecule has 0 saturated heterocycles. The molecule has 0 aliphatic heterocycles. The third kappa shape index (κ3) is 2.73. The lowest BCUT2D eigenvalue weighted by atomic mass is 9.92. The Bertz CT molecular complexity index is 1170. The van der Waals surface area contributed by atoms with Crippen molar-refractivity contribution in [2.45, 2.75) is 25.4 Å². The number of allylic oxidation sites excluding steroid dienone is 1. The Morgan fingerprint density at radius 2 is 2.15 bits per heavy atom. The number of aromatic amines is 1. The van der Waals surface area contributed by atoms with Crippen LogP contribution in [0, 0.1) is 0 Å². The van der Waals surface area contributed by atoms with E-state index in [-0.39, 0.29) is 0 Å². The van der Waals surface area contributed by atoms with E-state index >= 15 is 0 Å². The number of rotatable bonds is 3. The molecular formula is C21H21N5O. The molecule has 0 radical (unpaired) electrons. The third-order valence-corrected chi connectivity index (χ3v) is 5.45. The summed E-state index contributed by atoms with van der Waals surface area (Å²) in [6, 6.07) is 6.46. The Balaban J connectivity index is 1.69. The Morgan fingerprint density at radius 3 is 2.89 bits per heavy atom. The van der Waals surface area contributed by atoms with Gasteiger partial charge in [-0.15, -0.1) is 0 Å². The molecule has 6 nitrogen and oxygen atoms in total. The fourth-order valence-corrected chi connectivity index (χ4v) is 3.93. The zero-order valence-electron chi connectivity index (χ0n) is 15.4. The van der Waals surface area contributed by atoms with Crippen LogP contribution in [0.3, 0.4) is 0 Å². The first-order valence-electron chi connectivity index (χ1n) is 9.21. The van der Waals surface area contributed by atoms with E-state index in [0.717, 1.165) is 52.5 Å². The fraction of sp³-hybridized carbons (Fsp3) is 0.286. The molecule has 4 aromatic rings. The molecule has 1 unspecified atom stereocenters. The van der Waals surface area contributed by atoms with E-state index in [0.29, 0.717) is 6.10 Å². The lowest BCUT2D eigenvalue weighted by Crippen LogP contribution is -2.13. The van der Waals surface area contributed by atoms with Gasteiger partial charge in [-0.2, -0.15) is 10.2 Å². The van der Waals surface area contributed by atoms with Crippen LogP contribution in [0.25, 0.3) is 38.5 Å². The number of hydrogen-bond acceptors (Lipinski definition) is 4. The van der Waals surface area contributed by atoms with E-state index in [2.05, 4.69) is 44.6 Å². The van der Waals surface area contributed by atoms with Gasteiger partial charge >= 0.3 is 0 Å². The number of H-pyrrole nitrogens is 1. The second kappa shape index (κ2) is 6.32. The van der Waals surface area contributed by atoms with E-state index in [1.54, 1.807) is 7.11 Å². The van der Waals surface area contributed by atoms with Crippen LogP contribution in [-0.4, -0.2) is 38.2 Å². The zero-order chi connectivity index (χ0) is 18.4. The molecule has 1 aromatic carbocycles. The van der Waals surface area contributed by atoms with E-state index in [9.17, 15) is 0 Å². The number of pyridine rings is 1. The molecule has 27 heavy (non-hydrogen) atoms. The maximum atomic E-state index is 5.49. The van der Waals surface area contributed by atoms with Gasteiger partial charge in [0.15, 0.2) is 5.65 Å². The number of fused-ring (bicyclic) bond motifs is 3. The van der Waals surface area contributed by atoms with Crippen LogP contribution in [0.15, 0.2) is 42.9 Å². The van der Waals surface area contributed by atoms with Gasteiger partial charge in [-0.05, 0) is 41.9 Å². The molecule has 3 aromatic heterocycles. The lowest BCUT2D eigenvalue weighted by Gasteiger charge is -2.20. The lowest BCUT2D eigenvalue weighted by molar-refractivity contribution is 0.0964. The van der Waals surface area contributed by atoms with Crippen LogP contribution in [0.4, 0.5) is 0 Å². The molecule has 0 fully saturated rings. The van der Waals surface area contributed by atoms with Crippen molar-refractivity contribution in [1.82, 2.24) is 25.0 Å². The minimum atomic E-state index is 0.315. The molecule has 0 spiro atoms. The van der Waals surface area contributed by atoms with Crippen molar-refractivity contribution in [3.05, 3.63) is 48.6 Å². The van der Waals surface area contributed by atoms with Gasteiger partial charge in [-0.25, -0.2) is 4.98 Å². The van der Waals surface area contributed by atoms with Crippen LogP contribution < -0.4 is 0 Å². The van der Waals surface area contributed by atoms with E-state index in [4.69, 9.17) is 4.74 Å². The topological polar surface area (TPSA) is 68.6 Å². The van der Waals surface area contributed by atoms with Crippen LogP contribution in [0.5, 0.6) is 0 Å². The summed E-state index contributed by atoms with van der Waals surface area (Å²) in [6.07, 6.45) is 11.4. The number of aromatic nitrogens is 5. The van der Waals surface area contributed by atoms with Crippen molar-refractivity contribution in [2.75, 3.05) is 7.11 Å². The summed E-state index contributed by atoms with van der Waals surface area (Å²) in [5, 5.41) is 15.4. The second-order valence-corrected chi connectivity index (χ2v) is 7.12. The Labute approximate surface area is 156 Å². The SMILES string of the molecule is COC1CC=C(c2[nH]nc3ncc4ccc(-c5cnn(C)c5)cc4c23)CC1. The quantitative estimate of drug-likeness (QED) is 0.598. The van der Waals surface area contributed by atoms with E-state index < -0.39 is 0 Å². The van der Waals surface area contributed by atoms with Gasteiger partial charge < -0.3 is 4.74 Å². The van der Waals surface area contributed by atoms with Crippen molar-refractivity contribution in [3.63, 3.8) is 0 Å². The molecular weight excluding hydrogens is 338 g/mol. The molecule has 1 aliphatic carbocycles. The first-order valence-corrected chi connectivity index (χ1v) is 9.21. The largest absolute Gasteiger partial charge is 0.381 e.